The average Bonchev–Trinajstić information content (AvgIpc) is 2.31. The molecule has 0 radical (unpaired) electrons. The van der Waals surface area contributed by atoms with E-state index >= 15 is 0 Å². The van der Waals surface area contributed by atoms with Crippen molar-refractivity contribution >= 4 is 5.91 Å². The molecule has 0 aromatic heterocycles. The van der Waals surface area contributed by atoms with Crippen molar-refractivity contribution in [1.29, 1.82) is 0 Å². The second-order valence-corrected chi connectivity index (χ2v) is 4.64. The fraction of sp³-hybridized carbons (Fsp3) is 0.500. The molecule has 0 bridgehead atoms. The van der Waals surface area contributed by atoms with Gasteiger partial charge in [0, 0.05) is 19.0 Å². The summed E-state index contributed by atoms with van der Waals surface area (Å²) >= 11 is 0. The highest BCUT2D eigenvalue weighted by atomic mass is 16.3. The van der Waals surface area contributed by atoms with E-state index in [4.69, 9.17) is 10.8 Å². The molecule has 1 amide bonds. The molecule has 1 rings (SSSR count). The minimum absolute atomic E-state index is 0.0782. The third-order valence-electron chi connectivity index (χ3n) is 2.74. The molecule has 4 N–H and O–H groups in total. The first kappa shape index (κ1) is 14.5. The van der Waals surface area contributed by atoms with Gasteiger partial charge in [0.1, 0.15) is 5.75 Å². The minimum atomic E-state index is 0.0782. The van der Waals surface area contributed by atoms with Crippen molar-refractivity contribution in [3.63, 3.8) is 0 Å². The fourth-order valence-electron chi connectivity index (χ4n) is 1.68. The third kappa shape index (κ3) is 6.25. The molecule has 0 spiro atoms. The number of nitrogens with one attached hydrogen (secondary N) is 1. The Morgan fingerprint density at radius 1 is 1.39 bits per heavy atom. The van der Waals surface area contributed by atoms with Gasteiger partial charge in [-0.2, -0.15) is 0 Å². The Kier molecular flexibility index (Phi) is 6.22. The third-order valence-corrected chi connectivity index (χ3v) is 2.74. The summed E-state index contributed by atoms with van der Waals surface area (Å²) < 4.78 is 0. The van der Waals surface area contributed by atoms with Crippen LogP contribution in [0.4, 0.5) is 0 Å². The van der Waals surface area contributed by atoms with E-state index in [1.165, 1.54) is 0 Å². The Labute approximate surface area is 108 Å². The van der Waals surface area contributed by atoms with Gasteiger partial charge < -0.3 is 16.2 Å². The van der Waals surface area contributed by atoms with Gasteiger partial charge in [-0.15, -0.1) is 0 Å². The number of hydrogen-bond donors (Lipinski definition) is 3. The van der Waals surface area contributed by atoms with Crippen molar-refractivity contribution < 1.29 is 9.90 Å². The zero-order valence-corrected chi connectivity index (χ0v) is 10.9. The summed E-state index contributed by atoms with van der Waals surface area (Å²) in [5.74, 6) is 0.341. The first-order valence-corrected chi connectivity index (χ1v) is 6.38. The molecular weight excluding hydrogens is 228 g/mol. The summed E-state index contributed by atoms with van der Waals surface area (Å²) in [5, 5.41) is 12.0. The molecule has 0 saturated heterocycles. The second kappa shape index (κ2) is 7.71. The Morgan fingerprint density at radius 3 is 2.67 bits per heavy atom. The van der Waals surface area contributed by atoms with Crippen LogP contribution in [0, 0.1) is 0 Å². The van der Waals surface area contributed by atoms with Gasteiger partial charge in [-0.1, -0.05) is 12.1 Å². The molecule has 4 nitrogen and oxygen atoms in total. The van der Waals surface area contributed by atoms with Crippen LogP contribution < -0.4 is 11.1 Å². The van der Waals surface area contributed by atoms with E-state index in [2.05, 4.69) is 5.32 Å². The van der Waals surface area contributed by atoms with Gasteiger partial charge in [0.15, 0.2) is 0 Å². The number of aromatic hydroxyl groups is 1. The van der Waals surface area contributed by atoms with Crippen molar-refractivity contribution in [1.82, 2.24) is 5.32 Å². The Balaban J connectivity index is 2.13. The number of rotatable bonds is 7. The lowest BCUT2D eigenvalue weighted by atomic mass is 10.1. The average molecular weight is 250 g/mol. The van der Waals surface area contributed by atoms with E-state index < -0.39 is 0 Å². The van der Waals surface area contributed by atoms with E-state index in [1.54, 1.807) is 12.1 Å². The maximum atomic E-state index is 11.5. The first-order chi connectivity index (χ1) is 8.58. The van der Waals surface area contributed by atoms with E-state index in [-0.39, 0.29) is 17.7 Å². The number of amides is 1. The molecule has 0 aliphatic heterocycles. The number of carbonyl (C=O) groups is 1. The lowest BCUT2D eigenvalue weighted by molar-refractivity contribution is -0.121. The largest absolute Gasteiger partial charge is 0.508 e. The monoisotopic (exact) mass is 250 g/mol. The predicted octanol–water partition coefficient (Wildman–Crippen LogP) is 1.57. The summed E-state index contributed by atoms with van der Waals surface area (Å²) in [6.45, 7) is 2.57. The number of phenolic OH excluding ortho intramolecular Hbond substituents is 1. The number of hydrogen-bond acceptors (Lipinski definition) is 3. The van der Waals surface area contributed by atoms with Crippen LogP contribution in [0.3, 0.4) is 0 Å². The fourth-order valence-corrected chi connectivity index (χ4v) is 1.68. The first-order valence-electron chi connectivity index (χ1n) is 6.38. The quantitative estimate of drug-likeness (QED) is 0.687. The summed E-state index contributed by atoms with van der Waals surface area (Å²) in [7, 11) is 0. The molecule has 1 atom stereocenters. The van der Waals surface area contributed by atoms with Crippen LogP contribution in [-0.2, 0) is 11.2 Å². The van der Waals surface area contributed by atoms with Gasteiger partial charge in [-0.05, 0) is 43.9 Å². The maximum absolute atomic E-state index is 11.5. The molecule has 1 unspecified atom stereocenters. The Bertz CT molecular complexity index is 361. The van der Waals surface area contributed by atoms with Crippen LogP contribution in [0.5, 0.6) is 5.75 Å². The van der Waals surface area contributed by atoms with E-state index in [0.29, 0.717) is 13.0 Å². The maximum Gasteiger partial charge on any atom is 0.220 e. The minimum Gasteiger partial charge on any atom is -0.508 e. The van der Waals surface area contributed by atoms with Crippen LogP contribution in [0.1, 0.15) is 31.7 Å². The lowest BCUT2D eigenvalue weighted by Gasteiger charge is -2.06. The smallest absolute Gasteiger partial charge is 0.220 e. The van der Waals surface area contributed by atoms with Gasteiger partial charge in [-0.3, -0.25) is 4.79 Å². The van der Waals surface area contributed by atoms with Gasteiger partial charge in [0.05, 0.1) is 0 Å². The highest BCUT2D eigenvalue weighted by Crippen LogP contribution is 2.09. The van der Waals surface area contributed by atoms with Gasteiger partial charge >= 0.3 is 0 Å². The zero-order chi connectivity index (χ0) is 13.4. The molecular formula is C14H22N2O2. The van der Waals surface area contributed by atoms with Gasteiger partial charge in [0.2, 0.25) is 5.91 Å². The number of carbonyl (C=O) groups excluding carboxylic acids is 1. The molecule has 0 aliphatic carbocycles. The number of benzene rings is 1. The van der Waals surface area contributed by atoms with Crippen LogP contribution in [0.25, 0.3) is 0 Å². The summed E-state index contributed by atoms with van der Waals surface area (Å²) in [5.41, 5.74) is 6.72. The molecule has 0 aliphatic rings. The van der Waals surface area contributed by atoms with Crippen molar-refractivity contribution in [3.8, 4) is 5.75 Å². The lowest BCUT2D eigenvalue weighted by Crippen LogP contribution is -2.26. The van der Waals surface area contributed by atoms with Crippen LogP contribution in [0.2, 0.25) is 0 Å². The number of phenols is 1. The highest BCUT2D eigenvalue weighted by molar-refractivity contribution is 5.75. The van der Waals surface area contributed by atoms with E-state index in [0.717, 1.165) is 24.8 Å². The molecule has 0 fully saturated rings. The van der Waals surface area contributed by atoms with Crippen molar-refractivity contribution in [2.24, 2.45) is 5.73 Å². The second-order valence-electron chi connectivity index (χ2n) is 4.64. The summed E-state index contributed by atoms with van der Waals surface area (Å²) in [4.78, 5) is 11.5. The molecule has 4 heteroatoms. The van der Waals surface area contributed by atoms with Gasteiger partial charge in [0.25, 0.3) is 0 Å². The van der Waals surface area contributed by atoms with Crippen LogP contribution in [0.15, 0.2) is 24.3 Å². The molecule has 1 aromatic rings. The standard InChI is InChI=1S/C14H22N2O2/c1-11(15)3-2-4-14(18)16-10-9-12-5-7-13(17)8-6-12/h5-8,11,17H,2-4,9-10,15H2,1H3,(H,16,18). The van der Waals surface area contributed by atoms with Crippen LogP contribution in [-0.4, -0.2) is 23.6 Å². The SMILES string of the molecule is CC(N)CCCC(=O)NCCc1ccc(O)cc1. The van der Waals surface area contributed by atoms with Crippen molar-refractivity contribution in [2.45, 2.75) is 38.6 Å². The van der Waals surface area contributed by atoms with E-state index in [1.807, 2.05) is 19.1 Å². The molecule has 18 heavy (non-hydrogen) atoms. The Morgan fingerprint density at radius 2 is 2.06 bits per heavy atom. The Hall–Kier alpha value is -1.55. The summed E-state index contributed by atoms with van der Waals surface area (Å²) in [6, 6.07) is 7.18. The van der Waals surface area contributed by atoms with Gasteiger partial charge in [-0.25, -0.2) is 0 Å². The molecule has 0 saturated carbocycles. The molecule has 100 valence electrons. The van der Waals surface area contributed by atoms with Crippen LogP contribution >= 0.6 is 0 Å². The van der Waals surface area contributed by atoms with Crippen molar-refractivity contribution in [3.05, 3.63) is 29.8 Å². The predicted molar refractivity (Wildman–Crippen MR) is 72.3 cm³/mol. The zero-order valence-electron chi connectivity index (χ0n) is 10.9. The molecule has 1 aromatic carbocycles. The normalized spacial score (nSPS) is 12.1. The topological polar surface area (TPSA) is 75.4 Å². The number of nitrogens with two attached hydrogens (primary N) is 1. The van der Waals surface area contributed by atoms with E-state index in [9.17, 15) is 4.79 Å². The summed E-state index contributed by atoms with van der Waals surface area (Å²) in [6.07, 6.45) is 3.03. The molecule has 0 heterocycles. The van der Waals surface area contributed by atoms with Crippen molar-refractivity contribution in [2.75, 3.05) is 6.54 Å². The highest BCUT2D eigenvalue weighted by Gasteiger charge is 2.02.